The van der Waals surface area contributed by atoms with E-state index in [1.807, 2.05) is 14.0 Å². The molecule has 1 atom stereocenters. The third kappa shape index (κ3) is 4.50. The molecule has 0 aliphatic heterocycles. The molecule has 1 N–H and O–H groups in total. The molecule has 0 bridgehead atoms. The molecule has 0 aliphatic rings. The van der Waals surface area contributed by atoms with Crippen molar-refractivity contribution in [3.63, 3.8) is 0 Å². The summed E-state index contributed by atoms with van der Waals surface area (Å²) in [5.41, 5.74) is 0. The molecule has 12 heavy (non-hydrogen) atoms. The summed E-state index contributed by atoms with van der Waals surface area (Å²) in [4.78, 5) is 11.3. The van der Waals surface area contributed by atoms with Crippen LogP contribution in [-0.2, 0) is 4.79 Å². The lowest BCUT2D eigenvalue weighted by Gasteiger charge is -2.14. The van der Waals surface area contributed by atoms with Crippen LogP contribution in [0.5, 0.6) is 0 Å². The number of likely N-dealkylation sites (N-methyl/N-ethyl adjacent to an activating group) is 1. The van der Waals surface area contributed by atoms with Crippen molar-refractivity contribution in [1.29, 1.82) is 0 Å². The maximum absolute atomic E-state index is 11.3. The lowest BCUT2D eigenvalue weighted by Crippen LogP contribution is -2.33. The van der Waals surface area contributed by atoms with Crippen LogP contribution in [0.4, 0.5) is 0 Å². The van der Waals surface area contributed by atoms with Crippen molar-refractivity contribution in [3.05, 3.63) is 0 Å². The van der Waals surface area contributed by atoms with Gasteiger partial charge in [-0.2, -0.15) is 0 Å². The predicted octanol–water partition coefficient (Wildman–Crippen LogP) is 1.99. The second-order valence-electron chi connectivity index (χ2n) is 3.63. The summed E-state index contributed by atoms with van der Waals surface area (Å²) in [5, 5.41) is 3.06. The van der Waals surface area contributed by atoms with Crippen LogP contribution in [0, 0.1) is 5.92 Å². The monoisotopic (exact) mass is 171 g/mol. The van der Waals surface area contributed by atoms with Gasteiger partial charge in [-0.05, 0) is 25.8 Å². The first-order valence-corrected chi connectivity index (χ1v) is 4.81. The molecule has 0 saturated carbocycles. The average molecular weight is 171 g/mol. The summed E-state index contributed by atoms with van der Waals surface area (Å²) in [7, 11) is 1.86. The number of rotatable bonds is 6. The molecule has 0 radical (unpaired) electrons. The standard InChI is InChI=1S/C10H21NO/c1-5-10(12)9(11-4)7-6-8(2)3/h8-9,11H,5-7H2,1-4H3. The van der Waals surface area contributed by atoms with Crippen LogP contribution < -0.4 is 5.32 Å². The van der Waals surface area contributed by atoms with Gasteiger partial charge in [0.15, 0.2) is 0 Å². The molecule has 0 spiro atoms. The zero-order chi connectivity index (χ0) is 9.56. The van der Waals surface area contributed by atoms with Crippen molar-refractivity contribution >= 4 is 5.78 Å². The average Bonchev–Trinajstić information content (AvgIpc) is 2.04. The van der Waals surface area contributed by atoms with Gasteiger partial charge in [-0.1, -0.05) is 20.8 Å². The maximum atomic E-state index is 11.3. The van der Waals surface area contributed by atoms with Gasteiger partial charge in [0.25, 0.3) is 0 Å². The van der Waals surface area contributed by atoms with Crippen molar-refractivity contribution in [3.8, 4) is 0 Å². The Bertz CT molecular complexity index is 132. The van der Waals surface area contributed by atoms with Crippen LogP contribution in [0.1, 0.15) is 40.0 Å². The van der Waals surface area contributed by atoms with Crippen molar-refractivity contribution < 1.29 is 4.79 Å². The second-order valence-corrected chi connectivity index (χ2v) is 3.63. The Morgan fingerprint density at radius 2 is 1.92 bits per heavy atom. The second kappa shape index (κ2) is 6.18. The van der Waals surface area contributed by atoms with Crippen molar-refractivity contribution in [2.75, 3.05) is 7.05 Å². The molecule has 0 saturated heterocycles. The highest BCUT2D eigenvalue weighted by atomic mass is 16.1. The summed E-state index contributed by atoms with van der Waals surface area (Å²) >= 11 is 0. The molecule has 0 aromatic rings. The molecule has 0 fully saturated rings. The lowest BCUT2D eigenvalue weighted by atomic mass is 10.00. The van der Waals surface area contributed by atoms with Gasteiger partial charge in [0.1, 0.15) is 5.78 Å². The third-order valence-corrected chi connectivity index (χ3v) is 2.12. The molecule has 0 amide bonds. The number of nitrogens with one attached hydrogen (secondary N) is 1. The molecule has 0 aromatic carbocycles. The Hall–Kier alpha value is -0.370. The van der Waals surface area contributed by atoms with Gasteiger partial charge < -0.3 is 5.32 Å². The van der Waals surface area contributed by atoms with E-state index in [0.717, 1.165) is 12.8 Å². The van der Waals surface area contributed by atoms with Gasteiger partial charge in [0.05, 0.1) is 6.04 Å². The molecule has 0 rings (SSSR count). The fourth-order valence-corrected chi connectivity index (χ4v) is 1.21. The molecule has 72 valence electrons. The minimum absolute atomic E-state index is 0.0809. The minimum atomic E-state index is 0.0809. The van der Waals surface area contributed by atoms with E-state index in [1.165, 1.54) is 0 Å². The van der Waals surface area contributed by atoms with Gasteiger partial charge in [-0.25, -0.2) is 0 Å². The Kier molecular flexibility index (Phi) is 5.99. The smallest absolute Gasteiger partial charge is 0.149 e. The number of carbonyl (C=O) groups is 1. The summed E-state index contributed by atoms with van der Waals surface area (Å²) in [6.45, 7) is 6.29. The summed E-state index contributed by atoms with van der Waals surface area (Å²) in [6.07, 6.45) is 2.74. The molecular formula is C10H21NO. The Morgan fingerprint density at radius 3 is 2.25 bits per heavy atom. The lowest BCUT2D eigenvalue weighted by molar-refractivity contribution is -0.120. The molecule has 0 aliphatic carbocycles. The van der Waals surface area contributed by atoms with E-state index in [4.69, 9.17) is 0 Å². The van der Waals surface area contributed by atoms with E-state index >= 15 is 0 Å². The fraction of sp³-hybridized carbons (Fsp3) is 0.900. The van der Waals surface area contributed by atoms with Gasteiger partial charge in [-0.15, -0.1) is 0 Å². The van der Waals surface area contributed by atoms with Crippen LogP contribution in [0.25, 0.3) is 0 Å². The van der Waals surface area contributed by atoms with Crippen LogP contribution in [0.3, 0.4) is 0 Å². The minimum Gasteiger partial charge on any atom is -0.311 e. The third-order valence-electron chi connectivity index (χ3n) is 2.12. The first-order chi connectivity index (χ1) is 5.61. The van der Waals surface area contributed by atoms with Crippen molar-refractivity contribution in [1.82, 2.24) is 5.32 Å². The molecule has 2 nitrogen and oxygen atoms in total. The van der Waals surface area contributed by atoms with Crippen molar-refractivity contribution in [2.45, 2.75) is 46.1 Å². The number of Topliss-reactive ketones (excluding diaryl/α,β-unsaturated/α-hetero) is 1. The predicted molar refractivity (Wildman–Crippen MR) is 52.2 cm³/mol. The van der Waals surface area contributed by atoms with E-state index < -0.39 is 0 Å². The van der Waals surface area contributed by atoms with E-state index in [-0.39, 0.29) is 6.04 Å². The highest BCUT2D eigenvalue weighted by Crippen LogP contribution is 2.08. The summed E-state index contributed by atoms with van der Waals surface area (Å²) in [6, 6.07) is 0.0809. The van der Waals surface area contributed by atoms with E-state index in [9.17, 15) is 4.79 Å². The largest absolute Gasteiger partial charge is 0.311 e. The maximum Gasteiger partial charge on any atom is 0.149 e. The van der Waals surface area contributed by atoms with Crippen LogP contribution >= 0.6 is 0 Å². The zero-order valence-electron chi connectivity index (χ0n) is 8.68. The normalized spacial score (nSPS) is 13.4. The highest BCUT2D eigenvalue weighted by Gasteiger charge is 2.13. The Morgan fingerprint density at radius 1 is 1.33 bits per heavy atom. The molecule has 2 heteroatoms. The van der Waals surface area contributed by atoms with Gasteiger partial charge in [0.2, 0.25) is 0 Å². The molecule has 0 heterocycles. The van der Waals surface area contributed by atoms with E-state index in [1.54, 1.807) is 0 Å². The van der Waals surface area contributed by atoms with Gasteiger partial charge in [0, 0.05) is 6.42 Å². The van der Waals surface area contributed by atoms with E-state index in [2.05, 4.69) is 19.2 Å². The number of carbonyl (C=O) groups excluding carboxylic acids is 1. The highest BCUT2D eigenvalue weighted by molar-refractivity contribution is 5.83. The van der Waals surface area contributed by atoms with Crippen LogP contribution in [0.15, 0.2) is 0 Å². The Labute approximate surface area is 75.7 Å². The number of ketones is 1. The fourth-order valence-electron chi connectivity index (χ4n) is 1.21. The molecule has 1 unspecified atom stereocenters. The Balaban J connectivity index is 3.75. The first kappa shape index (κ1) is 11.6. The summed E-state index contributed by atoms with van der Waals surface area (Å²) < 4.78 is 0. The molecular weight excluding hydrogens is 150 g/mol. The SMILES string of the molecule is CCC(=O)C(CCC(C)C)NC. The van der Waals surface area contributed by atoms with Crippen LogP contribution in [-0.4, -0.2) is 18.9 Å². The van der Waals surface area contributed by atoms with Gasteiger partial charge in [-0.3, -0.25) is 4.79 Å². The van der Waals surface area contributed by atoms with E-state index in [0.29, 0.717) is 18.1 Å². The summed E-state index contributed by atoms with van der Waals surface area (Å²) in [5.74, 6) is 1.02. The van der Waals surface area contributed by atoms with Gasteiger partial charge >= 0.3 is 0 Å². The van der Waals surface area contributed by atoms with Crippen molar-refractivity contribution in [2.24, 2.45) is 5.92 Å². The van der Waals surface area contributed by atoms with Crippen LogP contribution in [0.2, 0.25) is 0 Å². The number of hydrogen-bond acceptors (Lipinski definition) is 2. The number of hydrogen-bond donors (Lipinski definition) is 1. The molecule has 0 aromatic heterocycles. The first-order valence-electron chi connectivity index (χ1n) is 4.81. The zero-order valence-corrected chi connectivity index (χ0v) is 8.68. The topological polar surface area (TPSA) is 29.1 Å². The quantitative estimate of drug-likeness (QED) is 0.662.